The van der Waals surface area contributed by atoms with Gasteiger partial charge >= 0.3 is 17.9 Å². The summed E-state index contributed by atoms with van der Waals surface area (Å²) in [7, 11) is 0. The summed E-state index contributed by atoms with van der Waals surface area (Å²) in [6.45, 7) is 6.32. The fraction of sp³-hybridized carbons (Fsp3) is 0.625. The van der Waals surface area contributed by atoms with E-state index in [1.54, 1.807) is 0 Å². The normalized spacial score (nSPS) is 13.0. The van der Waals surface area contributed by atoms with Crippen LogP contribution in [0.2, 0.25) is 0 Å². The SMILES string of the molecule is CC\C=C/C=C\C=C/C=C\C=C\C=C/C=C\CCCCCC(=O)OCC(COC(=O)CCCCCCCCCCCCC)OC(=O)CCCCCCCCC/C=C\C/C=C\CC. The van der Waals surface area contributed by atoms with Gasteiger partial charge in [0.1, 0.15) is 13.2 Å². The van der Waals surface area contributed by atoms with Crippen molar-refractivity contribution >= 4 is 17.9 Å². The molecule has 0 rings (SSSR count). The fourth-order valence-corrected chi connectivity index (χ4v) is 6.52. The van der Waals surface area contributed by atoms with Crippen LogP contribution in [0.4, 0.5) is 0 Å². The number of ether oxygens (including phenoxy) is 3. The lowest BCUT2D eigenvalue weighted by Gasteiger charge is -2.18. The van der Waals surface area contributed by atoms with E-state index in [1.165, 1.54) is 77.0 Å². The molecule has 0 saturated carbocycles. The molecule has 0 fully saturated rings. The molecule has 0 aromatic rings. The maximum Gasteiger partial charge on any atom is 0.306 e. The van der Waals surface area contributed by atoms with Crippen molar-refractivity contribution in [2.24, 2.45) is 0 Å². The lowest BCUT2D eigenvalue weighted by molar-refractivity contribution is -0.167. The molecule has 0 N–H and O–H groups in total. The number of esters is 3. The fourth-order valence-electron chi connectivity index (χ4n) is 6.52. The van der Waals surface area contributed by atoms with Crippen LogP contribution in [0, 0.1) is 0 Å². The molecule has 0 saturated heterocycles. The summed E-state index contributed by atoms with van der Waals surface area (Å²) in [5, 5.41) is 0. The molecule has 0 aliphatic heterocycles. The number of hydrogen-bond acceptors (Lipinski definition) is 6. The Morgan fingerprint density at radius 2 is 0.710 bits per heavy atom. The number of carbonyl (C=O) groups is 3. The van der Waals surface area contributed by atoms with E-state index in [2.05, 4.69) is 57.2 Å². The van der Waals surface area contributed by atoms with Gasteiger partial charge in [0.15, 0.2) is 6.10 Å². The summed E-state index contributed by atoms with van der Waals surface area (Å²) >= 11 is 0. The van der Waals surface area contributed by atoms with Crippen molar-refractivity contribution in [2.45, 2.75) is 213 Å². The Bertz CT molecular complexity index is 1310. The molecule has 0 bridgehead atoms. The van der Waals surface area contributed by atoms with Crippen molar-refractivity contribution in [3.8, 4) is 0 Å². The zero-order chi connectivity index (χ0) is 45.1. The van der Waals surface area contributed by atoms with Crippen LogP contribution in [0.25, 0.3) is 0 Å². The Morgan fingerprint density at radius 1 is 0.355 bits per heavy atom. The number of carbonyl (C=O) groups excluding carboxylic acids is 3. The van der Waals surface area contributed by atoms with Gasteiger partial charge < -0.3 is 14.2 Å². The third-order valence-electron chi connectivity index (χ3n) is 10.2. The molecule has 1 atom stereocenters. The Morgan fingerprint density at radius 3 is 1.18 bits per heavy atom. The molecule has 0 radical (unpaired) electrons. The molecule has 0 spiro atoms. The first-order valence-corrected chi connectivity index (χ1v) is 25.0. The van der Waals surface area contributed by atoms with Crippen LogP contribution in [-0.2, 0) is 28.6 Å². The van der Waals surface area contributed by atoms with E-state index in [-0.39, 0.29) is 31.1 Å². The third kappa shape index (κ3) is 47.1. The van der Waals surface area contributed by atoms with E-state index < -0.39 is 6.10 Å². The average molecular weight is 859 g/mol. The van der Waals surface area contributed by atoms with Gasteiger partial charge in [-0.3, -0.25) is 14.4 Å². The summed E-state index contributed by atoms with van der Waals surface area (Å²) in [5.74, 6) is -0.959. The lowest BCUT2D eigenvalue weighted by atomic mass is 10.1. The Hall–Kier alpha value is -3.93. The van der Waals surface area contributed by atoms with Gasteiger partial charge in [-0.2, -0.15) is 0 Å². The van der Waals surface area contributed by atoms with E-state index in [0.717, 1.165) is 89.9 Å². The summed E-state index contributed by atoms with van der Waals surface area (Å²) in [6.07, 6.45) is 66.3. The van der Waals surface area contributed by atoms with Crippen LogP contribution in [0.3, 0.4) is 0 Å². The molecule has 6 heteroatoms. The van der Waals surface area contributed by atoms with Crippen molar-refractivity contribution in [2.75, 3.05) is 13.2 Å². The molecule has 0 aliphatic rings. The van der Waals surface area contributed by atoms with Crippen molar-refractivity contribution in [1.82, 2.24) is 0 Å². The van der Waals surface area contributed by atoms with Gasteiger partial charge in [0.05, 0.1) is 0 Å². The van der Waals surface area contributed by atoms with E-state index >= 15 is 0 Å². The first-order valence-electron chi connectivity index (χ1n) is 25.0. The monoisotopic (exact) mass is 859 g/mol. The Labute approximate surface area is 380 Å². The number of allylic oxidation sites excluding steroid dienone is 18. The Balaban J connectivity index is 4.50. The molecular weight excluding hydrogens is 769 g/mol. The van der Waals surface area contributed by atoms with Crippen LogP contribution in [0.5, 0.6) is 0 Å². The molecule has 6 nitrogen and oxygen atoms in total. The summed E-state index contributed by atoms with van der Waals surface area (Å²) < 4.78 is 16.7. The van der Waals surface area contributed by atoms with Crippen molar-refractivity contribution in [3.63, 3.8) is 0 Å². The molecule has 0 amide bonds. The molecular formula is C56H90O6. The van der Waals surface area contributed by atoms with Gasteiger partial charge in [0.25, 0.3) is 0 Å². The summed E-state index contributed by atoms with van der Waals surface area (Å²) in [4.78, 5) is 37.9. The highest BCUT2D eigenvalue weighted by atomic mass is 16.6. The Kier molecular flexibility index (Phi) is 46.6. The smallest absolute Gasteiger partial charge is 0.306 e. The largest absolute Gasteiger partial charge is 0.462 e. The van der Waals surface area contributed by atoms with Crippen LogP contribution >= 0.6 is 0 Å². The minimum atomic E-state index is -0.800. The molecule has 62 heavy (non-hydrogen) atoms. The number of rotatable bonds is 43. The second-order valence-corrected chi connectivity index (χ2v) is 16.2. The van der Waals surface area contributed by atoms with E-state index in [1.807, 2.05) is 72.9 Å². The predicted molar refractivity (Wildman–Crippen MR) is 265 cm³/mol. The molecule has 0 aliphatic carbocycles. The van der Waals surface area contributed by atoms with E-state index in [9.17, 15) is 14.4 Å². The zero-order valence-electron chi connectivity index (χ0n) is 39.8. The van der Waals surface area contributed by atoms with Gasteiger partial charge in [0, 0.05) is 19.3 Å². The average Bonchev–Trinajstić information content (AvgIpc) is 3.27. The molecule has 0 aromatic carbocycles. The zero-order valence-corrected chi connectivity index (χ0v) is 39.8. The highest BCUT2D eigenvalue weighted by Crippen LogP contribution is 2.14. The van der Waals surface area contributed by atoms with Crippen LogP contribution in [0.15, 0.2) is 109 Å². The van der Waals surface area contributed by atoms with Crippen LogP contribution in [0.1, 0.15) is 207 Å². The molecule has 0 heterocycles. The lowest BCUT2D eigenvalue weighted by Crippen LogP contribution is -2.30. The maximum atomic E-state index is 12.8. The first kappa shape index (κ1) is 58.1. The highest BCUT2D eigenvalue weighted by molar-refractivity contribution is 5.71. The van der Waals surface area contributed by atoms with E-state index in [0.29, 0.717) is 19.3 Å². The van der Waals surface area contributed by atoms with E-state index in [4.69, 9.17) is 14.2 Å². The predicted octanol–water partition coefficient (Wildman–Crippen LogP) is 16.4. The second-order valence-electron chi connectivity index (χ2n) is 16.2. The van der Waals surface area contributed by atoms with Gasteiger partial charge in [0.2, 0.25) is 0 Å². The second kappa shape index (κ2) is 49.7. The first-order chi connectivity index (χ1) is 30.5. The molecule has 0 aromatic heterocycles. The minimum Gasteiger partial charge on any atom is -0.462 e. The van der Waals surface area contributed by atoms with Crippen molar-refractivity contribution in [3.05, 3.63) is 109 Å². The molecule has 350 valence electrons. The van der Waals surface area contributed by atoms with Crippen molar-refractivity contribution < 1.29 is 28.6 Å². The third-order valence-corrected chi connectivity index (χ3v) is 10.2. The number of unbranched alkanes of at least 4 members (excludes halogenated alkanes) is 20. The van der Waals surface area contributed by atoms with Crippen molar-refractivity contribution in [1.29, 1.82) is 0 Å². The van der Waals surface area contributed by atoms with Gasteiger partial charge in [-0.15, -0.1) is 0 Å². The topological polar surface area (TPSA) is 78.9 Å². The molecule has 1 unspecified atom stereocenters. The van der Waals surface area contributed by atoms with Crippen LogP contribution in [-0.4, -0.2) is 37.2 Å². The quantitative estimate of drug-likeness (QED) is 0.0200. The summed E-state index contributed by atoms with van der Waals surface area (Å²) in [5.41, 5.74) is 0. The summed E-state index contributed by atoms with van der Waals surface area (Å²) in [6, 6.07) is 0. The number of hydrogen-bond donors (Lipinski definition) is 0. The standard InChI is InChI=1S/C56H90O6/c1-4-7-10-13-16-19-22-24-26-27-28-29-30-32-34-37-40-43-46-49-55(58)61-52-53(51-60-54(57)48-45-42-39-36-33-21-18-15-12-9-6-3)62-56(59)50-47-44-41-38-35-31-25-23-20-17-14-11-8-5-2/h7-8,10-11,13,16-17,19-20,22,24,26-30,32,34,53H,4-6,9,12,14-15,18,21,23,25,31,33,35-52H2,1-3H3/b10-7-,11-8-,16-13-,20-17-,22-19-,26-24-,28-27+,30-29-,34-32-. The van der Waals surface area contributed by atoms with Gasteiger partial charge in [-0.25, -0.2) is 0 Å². The van der Waals surface area contributed by atoms with Crippen LogP contribution < -0.4 is 0 Å². The van der Waals surface area contributed by atoms with Gasteiger partial charge in [-0.05, 0) is 64.2 Å². The minimum absolute atomic E-state index is 0.0969. The highest BCUT2D eigenvalue weighted by Gasteiger charge is 2.19. The van der Waals surface area contributed by atoms with Gasteiger partial charge in [-0.1, -0.05) is 233 Å². The maximum absolute atomic E-state index is 12.8.